The Kier molecular flexibility index (Phi) is 3.23. The van der Waals surface area contributed by atoms with Gasteiger partial charge in [-0.3, -0.25) is 4.79 Å². The molecule has 1 fully saturated rings. The second-order valence-corrected chi connectivity index (χ2v) is 5.85. The van der Waals surface area contributed by atoms with Crippen molar-refractivity contribution in [2.45, 2.75) is 59.3 Å². The van der Waals surface area contributed by atoms with E-state index in [1.165, 1.54) is 0 Å². The molecular formula is C12H22O2. The van der Waals surface area contributed by atoms with E-state index in [1.807, 2.05) is 0 Å². The maximum Gasteiger partial charge on any atom is 0.309 e. The summed E-state index contributed by atoms with van der Waals surface area (Å²) in [7, 11) is 0. The van der Waals surface area contributed by atoms with Crippen molar-refractivity contribution in [3.63, 3.8) is 0 Å². The SMILES string of the molecule is CC(C)(C)CCC1(C(=O)O)CCCC1. The van der Waals surface area contributed by atoms with Crippen LogP contribution in [-0.4, -0.2) is 11.1 Å². The highest BCUT2D eigenvalue weighted by molar-refractivity contribution is 5.74. The first kappa shape index (κ1) is 11.5. The highest BCUT2D eigenvalue weighted by atomic mass is 16.4. The van der Waals surface area contributed by atoms with E-state index < -0.39 is 5.97 Å². The Labute approximate surface area is 86.7 Å². The molecule has 14 heavy (non-hydrogen) atoms. The number of carboxylic acids is 1. The quantitative estimate of drug-likeness (QED) is 0.754. The van der Waals surface area contributed by atoms with Gasteiger partial charge in [0.25, 0.3) is 0 Å². The zero-order valence-corrected chi connectivity index (χ0v) is 9.60. The largest absolute Gasteiger partial charge is 0.481 e. The van der Waals surface area contributed by atoms with Gasteiger partial charge in [-0.15, -0.1) is 0 Å². The Bertz CT molecular complexity index is 207. The zero-order chi connectivity index (χ0) is 10.8. The van der Waals surface area contributed by atoms with Crippen molar-refractivity contribution in [3.8, 4) is 0 Å². The molecule has 82 valence electrons. The fourth-order valence-corrected chi connectivity index (χ4v) is 2.24. The lowest BCUT2D eigenvalue weighted by atomic mass is 9.76. The Morgan fingerprint density at radius 2 is 1.79 bits per heavy atom. The summed E-state index contributed by atoms with van der Waals surface area (Å²) in [4.78, 5) is 11.2. The molecule has 1 aliphatic carbocycles. The van der Waals surface area contributed by atoms with Gasteiger partial charge in [-0.1, -0.05) is 33.6 Å². The van der Waals surface area contributed by atoms with Crippen LogP contribution < -0.4 is 0 Å². The van der Waals surface area contributed by atoms with Crippen LogP contribution in [0.25, 0.3) is 0 Å². The Balaban J connectivity index is 2.57. The van der Waals surface area contributed by atoms with E-state index in [-0.39, 0.29) is 10.8 Å². The van der Waals surface area contributed by atoms with Crippen molar-refractivity contribution in [1.29, 1.82) is 0 Å². The first-order valence-corrected chi connectivity index (χ1v) is 5.59. The van der Waals surface area contributed by atoms with E-state index in [0.29, 0.717) is 0 Å². The van der Waals surface area contributed by atoms with Crippen molar-refractivity contribution >= 4 is 5.97 Å². The molecule has 1 rings (SSSR count). The predicted molar refractivity (Wildman–Crippen MR) is 57.2 cm³/mol. The molecule has 0 unspecified atom stereocenters. The minimum Gasteiger partial charge on any atom is -0.481 e. The van der Waals surface area contributed by atoms with Crippen molar-refractivity contribution < 1.29 is 9.90 Å². The van der Waals surface area contributed by atoms with Gasteiger partial charge in [-0.05, 0) is 31.1 Å². The van der Waals surface area contributed by atoms with Crippen LogP contribution in [0.4, 0.5) is 0 Å². The van der Waals surface area contributed by atoms with Crippen LogP contribution in [0.1, 0.15) is 59.3 Å². The number of aliphatic carboxylic acids is 1. The van der Waals surface area contributed by atoms with Gasteiger partial charge < -0.3 is 5.11 Å². The van der Waals surface area contributed by atoms with Gasteiger partial charge in [0.2, 0.25) is 0 Å². The van der Waals surface area contributed by atoms with Crippen molar-refractivity contribution in [1.82, 2.24) is 0 Å². The molecule has 0 heterocycles. The smallest absolute Gasteiger partial charge is 0.309 e. The summed E-state index contributed by atoms with van der Waals surface area (Å²) in [5.74, 6) is -0.570. The summed E-state index contributed by atoms with van der Waals surface area (Å²) < 4.78 is 0. The minimum atomic E-state index is -0.570. The first-order chi connectivity index (χ1) is 6.36. The second-order valence-electron chi connectivity index (χ2n) is 5.85. The van der Waals surface area contributed by atoms with Crippen LogP contribution in [0.15, 0.2) is 0 Å². The Morgan fingerprint density at radius 3 is 2.14 bits per heavy atom. The summed E-state index contributed by atoms with van der Waals surface area (Å²) >= 11 is 0. The van der Waals surface area contributed by atoms with Crippen molar-refractivity contribution in [3.05, 3.63) is 0 Å². The van der Waals surface area contributed by atoms with E-state index in [1.54, 1.807) is 0 Å². The van der Waals surface area contributed by atoms with E-state index in [2.05, 4.69) is 20.8 Å². The molecule has 0 radical (unpaired) electrons. The van der Waals surface area contributed by atoms with Gasteiger partial charge in [0, 0.05) is 0 Å². The van der Waals surface area contributed by atoms with Crippen molar-refractivity contribution in [2.24, 2.45) is 10.8 Å². The third kappa shape index (κ3) is 2.73. The van der Waals surface area contributed by atoms with Crippen LogP contribution >= 0.6 is 0 Å². The molecule has 2 nitrogen and oxygen atoms in total. The summed E-state index contributed by atoms with van der Waals surface area (Å²) in [5.41, 5.74) is -0.127. The fraction of sp³-hybridized carbons (Fsp3) is 0.917. The molecule has 0 atom stereocenters. The maximum absolute atomic E-state index is 11.2. The van der Waals surface area contributed by atoms with Gasteiger partial charge in [-0.2, -0.15) is 0 Å². The van der Waals surface area contributed by atoms with Crippen LogP contribution in [0.3, 0.4) is 0 Å². The molecule has 0 bridgehead atoms. The summed E-state index contributed by atoms with van der Waals surface area (Å²) in [6, 6.07) is 0. The van der Waals surface area contributed by atoms with Crippen LogP contribution in [0.5, 0.6) is 0 Å². The normalized spacial score (nSPS) is 21.1. The van der Waals surface area contributed by atoms with E-state index in [4.69, 9.17) is 0 Å². The summed E-state index contributed by atoms with van der Waals surface area (Å²) in [6.45, 7) is 6.53. The predicted octanol–water partition coefficient (Wildman–Crippen LogP) is 3.46. The molecule has 0 aromatic rings. The van der Waals surface area contributed by atoms with E-state index >= 15 is 0 Å². The standard InChI is InChI=1S/C12H22O2/c1-11(2,3)8-9-12(10(13)14)6-4-5-7-12/h4-9H2,1-3H3,(H,13,14). The average molecular weight is 198 g/mol. The molecular weight excluding hydrogens is 176 g/mol. The Morgan fingerprint density at radius 1 is 1.29 bits per heavy atom. The summed E-state index contributed by atoms with van der Waals surface area (Å²) in [5, 5.41) is 9.26. The third-order valence-corrected chi connectivity index (χ3v) is 3.37. The lowest BCUT2D eigenvalue weighted by Gasteiger charge is -2.28. The molecule has 0 saturated heterocycles. The molecule has 0 aliphatic heterocycles. The molecule has 0 aromatic carbocycles. The Hall–Kier alpha value is -0.530. The lowest BCUT2D eigenvalue weighted by Crippen LogP contribution is -2.29. The molecule has 1 N–H and O–H groups in total. The number of hydrogen-bond donors (Lipinski definition) is 1. The van der Waals surface area contributed by atoms with Crippen LogP contribution in [-0.2, 0) is 4.79 Å². The summed E-state index contributed by atoms with van der Waals surface area (Å²) in [6.07, 6.45) is 5.83. The highest BCUT2D eigenvalue weighted by Crippen LogP contribution is 2.44. The number of carboxylic acid groups (broad SMARTS) is 1. The molecule has 0 spiro atoms. The van der Waals surface area contributed by atoms with E-state index in [0.717, 1.165) is 38.5 Å². The van der Waals surface area contributed by atoms with Crippen LogP contribution in [0, 0.1) is 10.8 Å². The van der Waals surface area contributed by atoms with Gasteiger partial charge >= 0.3 is 5.97 Å². The molecule has 0 aromatic heterocycles. The second kappa shape index (κ2) is 3.92. The third-order valence-electron chi connectivity index (χ3n) is 3.37. The molecule has 2 heteroatoms. The monoisotopic (exact) mass is 198 g/mol. The highest BCUT2D eigenvalue weighted by Gasteiger charge is 2.41. The van der Waals surface area contributed by atoms with Gasteiger partial charge in [0.15, 0.2) is 0 Å². The zero-order valence-electron chi connectivity index (χ0n) is 9.60. The molecule has 1 aliphatic rings. The van der Waals surface area contributed by atoms with Gasteiger partial charge in [0.05, 0.1) is 5.41 Å². The number of hydrogen-bond acceptors (Lipinski definition) is 1. The molecule has 0 amide bonds. The number of carbonyl (C=O) groups is 1. The topological polar surface area (TPSA) is 37.3 Å². The minimum absolute atomic E-state index is 0.255. The van der Waals surface area contributed by atoms with Crippen LogP contribution in [0.2, 0.25) is 0 Å². The number of rotatable bonds is 3. The fourth-order valence-electron chi connectivity index (χ4n) is 2.24. The van der Waals surface area contributed by atoms with Gasteiger partial charge in [0.1, 0.15) is 0 Å². The average Bonchev–Trinajstić information content (AvgIpc) is 2.48. The lowest BCUT2D eigenvalue weighted by molar-refractivity contribution is -0.149. The maximum atomic E-state index is 11.2. The van der Waals surface area contributed by atoms with Gasteiger partial charge in [-0.25, -0.2) is 0 Å². The molecule has 1 saturated carbocycles. The van der Waals surface area contributed by atoms with Crippen molar-refractivity contribution in [2.75, 3.05) is 0 Å². The first-order valence-electron chi connectivity index (χ1n) is 5.59. The van der Waals surface area contributed by atoms with E-state index in [9.17, 15) is 9.90 Å².